The molecule has 0 spiro atoms. The summed E-state index contributed by atoms with van der Waals surface area (Å²) in [6.45, 7) is 0. The van der Waals surface area contributed by atoms with Crippen molar-refractivity contribution in [3.05, 3.63) is 57.5 Å². The van der Waals surface area contributed by atoms with Crippen molar-refractivity contribution in [3.8, 4) is 22.1 Å². The fourth-order valence-corrected chi connectivity index (χ4v) is 4.52. The second kappa shape index (κ2) is 8.32. The van der Waals surface area contributed by atoms with Gasteiger partial charge in [-0.15, -0.1) is 23.1 Å². The van der Waals surface area contributed by atoms with Crippen LogP contribution in [0, 0.1) is 0 Å². The largest absolute Gasteiger partial charge is 0.493 e. The zero-order chi connectivity index (χ0) is 17.8. The van der Waals surface area contributed by atoms with Crippen LogP contribution in [0.1, 0.15) is 5.69 Å². The molecule has 0 bridgehead atoms. The highest BCUT2D eigenvalue weighted by Gasteiger charge is 2.10. The fraction of sp³-hybridized carbons (Fsp3) is 0.167. The van der Waals surface area contributed by atoms with Gasteiger partial charge in [0.25, 0.3) is 0 Å². The minimum Gasteiger partial charge on any atom is -0.493 e. The van der Waals surface area contributed by atoms with Gasteiger partial charge in [-0.3, -0.25) is 0 Å². The van der Waals surface area contributed by atoms with E-state index in [9.17, 15) is 0 Å². The molecule has 3 rings (SSSR count). The van der Waals surface area contributed by atoms with E-state index in [-0.39, 0.29) is 0 Å². The zero-order valence-corrected chi connectivity index (χ0v) is 16.7. The van der Waals surface area contributed by atoms with Gasteiger partial charge < -0.3 is 9.47 Å². The maximum absolute atomic E-state index is 6.20. The lowest BCUT2D eigenvalue weighted by Gasteiger charge is -2.08. The van der Waals surface area contributed by atoms with E-state index >= 15 is 0 Å². The average molecular weight is 412 g/mol. The topological polar surface area (TPSA) is 31.4 Å². The molecule has 2 aromatic carbocycles. The van der Waals surface area contributed by atoms with Gasteiger partial charge in [-0.05, 0) is 36.4 Å². The lowest BCUT2D eigenvalue weighted by atomic mass is 10.2. The van der Waals surface area contributed by atoms with E-state index < -0.39 is 0 Å². The maximum atomic E-state index is 6.20. The first-order chi connectivity index (χ1) is 12.1. The lowest BCUT2D eigenvalue weighted by molar-refractivity contribution is 0.355. The molecule has 0 saturated carbocycles. The van der Waals surface area contributed by atoms with Crippen LogP contribution in [0.25, 0.3) is 10.6 Å². The number of methoxy groups -OCH3 is 2. The molecule has 0 aliphatic heterocycles. The normalized spacial score (nSPS) is 10.7. The number of thiazole rings is 1. The summed E-state index contributed by atoms with van der Waals surface area (Å²) in [6.07, 6.45) is 0. The number of thioether (sulfide) groups is 1. The van der Waals surface area contributed by atoms with E-state index in [4.69, 9.17) is 37.7 Å². The van der Waals surface area contributed by atoms with Crippen LogP contribution >= 0.6 is 46.3 Å². The summed E-state index contributed by atoms with van der Waals surface area (Å²) in [6, 6.07) is 11.3. The second-order valence-electron chi connectivity index (χ2n) is 5.08. The van der Waals surface area contributed by atoms with Crippen molar-refractivity contribution in [2.75, 3.05) is 14.2 Å². The molecule has 0 saturated heterocycles. The Bertz CT molecular complexity index is 883. The van der Waals surface area contributed by atoms with Crippen LogP contribution < -0.4 is 9.47 Å². The average Bonchev–Trinajstić information content (AvgIpc) is 3.11. The predicted molar refractivity (Wildman–Crippen MR) is 107 cm³/mol. The first-order valence-electron chi connectivity index (χ1n) is 7.35. The molecule has 0 amide bonds. The van der Waals surface area contributed by atoms with E-state index in [0.29, 0.717) is 21.5 Å². The van der Waals surface area contributed by atoms with Gasteiger partial charge in [-0.1, -0.05) is 23.2 Å². The highest BCUT2D eigenvalue weighted by Crippen LogP contribution is 2.35. The molecule has 1 heterocycles. The van der Waals surface area contributed by atoms with E-state index in [1.54, 1.807) is 43.4 Å². The van der Waals surface area contributed by atoms with Gasteiger partial charge in [-0.2, -0.15) is 0 Å². The van der Waals surface area contributed by atoms with Gasteiger partial charge in [0.05, 0.1) is 24.9 Å². The highest BCUT2D eigenvalue weighted by molar-refractivity contribution is 7.98. The molecule has 0 fully saturated rings. The molecule has 0 aliphatic rings. The van der Waals surface area contributed by atoms with Gasteiger partial charge in [0, 0.05) is 26.6 Å². The first kappa shape index (κ1) is 18.4. The molecule has 3 aromatic rings. The summed E-state index contributed by atoms with van der Waals surface area (Å²) in [5.41, 5.74) is 2.00. The molecule has 25 heavy (non-hydrogen) atoms. The Hall–Kier alpha value is -1.40. The fourth-order valence-electron chi connectivity index (χ4n) is 2.21. The third kappa shape index (κ3) is 4.42. The molecule has 3 nitrogen and oxygen atoms in total. The van der Waals surface area contributed by atoms with Gasteiger partial charge in [0.1, 0.15) is 5.01 Å². The Labute approximate surface area is 164 Å². The summed E-state index contributed by atoms with van der Waals surface area (Å²) >= 11 is 15.4. The van der Waals surface area contributed by atoms with E-state index in [0.717, 1.165) is 26.9 Å². The number of nitrogens with zero attached hydrogens (tertiary/aromatic N) is 1. The number of hydrogen-bond donors (Lipinski definition) is 0. The summed E-state index contributed by atoms with van der Waals surface area (Å²) in [5, 5.41) is 4.37. The van der Waals surface area contributed by atoms with E-state index in [1.165, 1.54) is 0 Å². The van der Waals surface area contributed by atoms with Crippen LogP contribution in [0.15, 0.2) is 46.7 Å². The summed E-state index contributed by atoms with van der Waals surface area (Å²) in [4.78, 5) is 5.66. The monoisotopic (exact) mass is 411 g/mol. The van der Waals surface area contributed by atoms with Crippen LogP contribution in [0.5, 0.6) is 11.5 Å². The summed E-state index contributed by atoms with van der Waals surface area (Å²) in [5.74, 6) is 2.12. The van der Waals surface area contributed by atoms with Crippen molar-refractivity contribution in [1.29, 1.82) is 0 Å². The smallest absolute Gasteiger partial charge is 0.161 e. The van der Waals surface area contributed by atoms with Gasteiger partial charge in [-0.25, -0.2) is 4.98 Å². The molecule has 0 atom stereocenters. The van der Waals surface area contributed by atoms with Crippen molar-refractivity contribution in [1.82, 2.24) is 4.98 Å². The third-order valence-corrected chi connectivity index (χ3v) is 6.16. The van der Waals surface area contributed by atoms with Crippen molar-refractivity contribution in [2.45, 2.75) is 10.6 Å². The molecule has 1 aromatic heterocycles. The minimum absolute atomic E-state index is 0.677. The Kier molecular flexibility index (Phi) is 6.12. The molecule has 130 valence electrons. The molecular weight excluding hydrogens is 397 g/mol. The first-order valence-corrected chi connectivity index (χ1v) is 9.97. The minimum atomic E-state index is 0.677. The summed E-state index contributed by atoms with van der Waals surface area (Å²) < 4.78 is 10.6. The Morgan fingerprint density at radius 3 is 2.60 bits per heavy atom. The molecule has 0 radical (unpaired) electrons. The number of benzene rings is 2. The van der Waals surface area contributed by atoms with Gasteiger partial charge in [0.2, 0.25) is 0 Å². The van der Waals surface area contributed by atoms with E-state index in [1.807, 2.05) is 30.3 Å². The SMILES string of the molecule is COc1ccc(-c2nc(CSc3cc(Cl)ccc3Cl)cs2)cc1OC. The number of aromatic nitrogens is 1. The van der Waals surface area contributed by atoms with Crippen molar-refractivity contribution in [2.24, 2.45) is 0 Å². The van der Waals surface area contributed by atoms with E-state index in [2.05, 4.69) is 5.38 Å². The highest BCUT2D eigenvalue weighted by atomic mass is 35.5. The Balaban J connectivity index is 1.75. The maximum Gasteiger partial charge on any atom is 0.161 e. The number of hydrogen-bond acceptors (Lipinski definition) is 5. The molecule has 7 heteroatoms. The van der Waals surface area contributed by atoms with Crippen LogP contribution in [0.2, 0.25) is 10.0 Å². The van der Waals surface area contributed by atoms with Crippen molar-refractivity contribution in [3.63, 3.8) is 0 Å². The standard InChI is InChI=1S/C18H15Cl2NO2S2/c1-22-15-6-3-11(7-16(15)23-2)18-21-13(10-25-18)9-24-17-8-12(19)4-5-14(17)20/h3-8,10H,9H2,1-2H3. The second-order valence-corrected chi connectivity index (χ2v) is 7.80. The van der Waals surface area contributed by atoms with Crippen LogP contribution in [-0.4, -0.2) is 19.2 Å². The quantitative estimate of drug-likeness (QED) is 0.437. The molecule has 0 unspecified atom stereocenters. The van der Waals surface area contributed by atoms with Crippen LogP contribution in [0.3, 0.4) is 0 Å². The predicted octanol–water partition coefficient (Wildman–Crippen LogP) is 6.43. The van der Waals surface area contributed by atoms with Gasteiger partial charge in [0.15, 0.2) is 11.5 Å². The van der Waals surface area contributed by atoms with Crippen molar-refractivity contribution >= 4 is 46.3 Å². The van der Waals surface area contributed by atoms with Gasteiger partial charge >= 0.3 is 0 Å². The number of ether oxygens (including phenoxy) is 2. The van der Waals surface area contributed by atoms with Crippen LogP contribution in [0.4, 0.5) is 0 Å². The van der Waals surface area contributed by atoms with Crippen molar-refractivity contribution < 1.29 is 9.47 Å². The lowest BCUT2D eigenvalue weighted by Crippen LogP contribution is -1.90. The Morgan fingerprint density at radius 1 is 1.04 bits per heavy atom. The molecule has 0 N–H and O–H groups in total. The molecular formula is C18H15Cl2NO2S2. The van der Waals surface area contributed by atoms with Crippen LogP contribution in [-0.2, 0) is 5.75 Å². The summed E-state index contributed by atoms with van der Waals surface area (Å²) in [7, 11) is 3.25. The third-order valence-electron chi connectivity index (χ3n) is 3.45. The number of rotatable bonds is 6. The number of halogens is 2. The zero-order valence-electron chi connectivity index (χ0n) is 13.6. The molecule has 0 aliphatic carbocycles. The Morgan fingerprint density at radius 2 is 1.84 bits per heavy atom.